The largest absolute Gasteiger partial charge is 0.362 e. The quantitative estimate of drug-likeness (QED) is 0.384. The van der Waals surface area contributed by atoms with Crippen molar-refractivity contribution in [3.05, 3.63) is 39.5 Å². The van der Waals surface area contributed by atoms with Gasteiger partial charge in [-0.1, -0.05) is 19.9 Å². The third kappa shape index (κ3) is 6.19. The van der Waals surface area contributed by atoms with E-state index in [1.54, 1.807) is 0 Å². The molecule has 34 heavy (non-hydrogen) atoms. The second kappa shape index (κ2) is 11.2. The minimum Gasteiger partial charge on any atom is -0.362 e. The molecule has 2 aliphatic carbocycles. The van der Waals surface area contributed by atoms with Gasteiger partial charge in [0.2, 0.25) is 5.95 Å². The monoisotopic (exact) mass is 544 g/mol. The number of rotatable bonds is 6. The number of aromatic nitrogens is 2. The topological polar surface area (TPSA) is 65.1 Å². The lowest BCUT2D eigenvalue weighted by atomic mass is 9.91. The first-order valence-corrected chi connectivity index (χ1v) is 13.7. The van der Waals surface area contributed by atoms with Crippen molar-refractivity contribution in [2.45, 2.75) is 83.2 Å². The maximum Gasteiger partial charge on any atom is 0.225 e. The highest BCUT2D eigenvalue weighted by Gasteiger charge is 2.24. The lowest BCUT2D eigenvalue weighted by molar-refractivity contribution is 0.387. The minimum atomic E-state index is 0.383. The number of benzene rings is 1. The van der Waals surface area contributed by atoms with Crippen LogP contribution >= 0.6 is 28.1 Å². The first-order chi connectivity index (χ1) is 16.3. The van der Waals surface area contributed by atoms with Gasteiger partial charge in [0, 0.05) is 36.2 Å². The molecule has 2 aliphatic rings. The fourth-order valence-electron chi connectivity index (χ4n) is 4.91. The molecule has 0 saturated heterocycles. The van der Waals surface area contributed by atoms with Gasteiger partial charge in [0.25, 0.3) is 0 Å². The lowest BCUT2D eigenvalue weighted by Gasteiger charge is -2.31. The Bertz CT molecular complexity index is 1020. The lowest BCUT2D eigenvalue weighted by Crippen LogP contribution is -2.42. The van der Waals surface area contributed by atoms with Gasteiger partial charge in [0.15, 0.2) is 5.11 Å². The molecule has 0 aliphatic heterocycles. The Labute approximate surface area is 217 Å². The first kappa shape index (κ1) is 25.2. The third-order valence-corrected chi connectivity index (χ3v) is 7.76. The van der Waals surface area contributed by atoms with Gasteiger partial charge >= 0.3 is 0 Å². The molecule has 0 spiro atoms. The Morgan fingerprint density at radius 2 is 1.76 bits per heavy atom. The van der Waals surface area contributed by atoms with Crippen molar-refractivity contribution in [3.63, 3.8) is 0 Å². The van der Waals surface area contributed by atoms with Gasteiger partial charge in [-0.2, -0.15) is 4.98 Å². The molecule has 6 nitrogen and oxygen atoms in total. The summed E-state index contributed by atoms with van der Waals surface area (Å²) in [6.45, 7) is 4.40. The number of thiocarbonyl (C=S) groups is 1. The average molecular weight is 546 g/mol. The van der Waals surface area contributed by atoms with E-state index in [2.05, 4.69) is 82.9 Å². The molecule has 0 unspecified atom stereocenters. The normalized spacial score (nSPS) is 19.9. The summed E-state index contributed by atoms with van der Waals surface area (Å²) >= 11 is 9.28. The van der Waals surface area contributed by atoms with E-state index in [1.165, 1.54) is 29.7 Å². The predicted octanol–water partition coefficient (Wildman–Crippen LogP) is 6.02. The fraction of sp³-hybridized carbons (Fsp3) is 0.577. The first-order valence-electron chi connectivity index (χ1n) is 12.5. The van der Waals surface area contributed by atoms with Crippen molar-refractivity contribution >= 4 is 50.7 Å². The Kier molecular flexibility index (Phi) is 8.30. The van der Waals surface area contributed by atoms with Crippen molar-refractivity contribution in [1.29, 1.82) is 0 Å². The zero-order valence-corrected chi connectivity index (χ0v) is 23.2. The van der Waals surface area contributed by atoms with Gasteiger partial charge in [0.05, 0.1) is 11.4 Å². The molecule has 1 aromatic heterocycles. The standard InChI is InChI=1S/C26H37BrN6S/c1-16(2)17-9-14-23(21(27)15-17)31-26(34)29-19-12-10-18(11-13-19)28-25-30-22-8-6-5-7-20(22)24(32-25)33(3)4/h9,14-16,18-19H,5-8,10-13H2,1-4H3,(H,28,30,32)(H2,29,31,34)/t18-,19+. The van der Waals surface area contributed by atoms with Crippen molar-refractivity contribution in [2.24, 2.45) is 0 Å². The van der Waals surface area contributed by atoms with Crippen LogP contribution in [0.25, 0.3) is 0 Å². The number of nitrogens with zero attached hydrogens (tertiary/aromatic N) is 3. The van der Waals surface area contributed by atoms with Gasteiger partial charge in [0.1, 0.15) is 5.82 Å². The van der Waals surface area contributed by atoms with Crippen molar-refractivity contribution in [1.82, 2.24) is 15.3 Å². The zero-order chi connectivity index (χ0) is 24.2. The molecule has 1 saturated carbocycles. The summed E-state index contributed by atoms with van der Waals surface area (Å²) in [5, 5.41) is 11.2. The summed E-state index contributed by atoms with van der Waals surface area (Å²) in [4.78, 5) is 11.9. The fourth-order valence-corrected chi connectivity index (χ4v) is 5.68. The van der Waals surface area contributed by atoms with Gasteiger partial charge in [-0.15, -0.1) is 0 Å². The van der Waals surface area contributed by atoms with Gasteiger partial charge < -0.3 is 20.9 Å². The Balaban J connectivity index is 1.29. The maximum absolute atomic E-state index is 5.61. The number of nitrogens with one attached hydrogen (secondary N) is 3. The summed E-state index contributed by atoms with van der Waals surface area (Å²) in [5.74, 6) is 2.36. The van der Waals surface area contributed by atoms with Gasteiger partial charge in [-0.25, -0.2) is 4.98 Å². The SMILES string of the molecule is CC(C)c1ccc(NC(=S)N[C@H]2CC[C@@H](Nc3nc4c(c(N(C)C)n3)CCCC4)CC2)c(Br)c1. The minimum absolute atomic E-state index is 0.383. The van der Waals surface area contributed by atoms with Crippen LogP contribution in [0.2, 0.25) is 0 Å². The van der Waals surface area contributed by atoms with Crippen LogP contribution in [0.1, 0.15) is 75.1 Å². The summed E-state index contributed by atoms with van der Waals surface area (Å²) in [5.41, 5.74) is 4.87. The summed E-state index contributed by atoms with van der Waals surface area (Å²) in [6, 6.07) is 7.19. The van der Waals surface area contributed by atoms with Crippen LogP contribution in [0.15, 0.2) is 22.7 Å². The van der Waals surface area contributed by atoms with Crippen LogP contribution in [0, 0.1) is 0 Å². The number of aryl methyl sites for hydroxylation is 1. The van der Waals surface area contributed by atoms with E-state index in [9.17, 15) is 0 Å². The highest BCUT2D eigenvalue weighted by Crippen LogP contribution is 2.30. The molecule has 0 bridgehead atoms. The van der Waals surface area contributed by atoms with E-state index >= 15 is 0 Å². The summed E-state index contributed by atoms with van der Waals surface area (Å²) in [6.07, 6.45) is 8.89. The van der Waals surface area contributed by atoms with E-state index in [0.717, 1.165) is 60.5 Å². The van der Waals surface area contributed by atoms with E-state index in [0.29, 0.717) is 23.1 Å². The second-order valence-electron chi connectivity index (χ2n) is 10.1. The molecule has 8 heteroatoms. The molecule has 1 aromatic carbocycles. The molecule has 0 atom stereocenters. The van der Waals surface area contributed by atoms with Crippen LogP contribution in [0.4, 0.5) is 17.5 Å². The molecule has 3 N–H and O–H groups in total. The van der Waals surface area contributed by atoms with Crippen LogP contribution < -0.4 is 20.9 Å². The van der Waals surface area contributed by atoms with Crippen LogP contribution in [-0.2, 0) is 12.8 Å². The van der Waals surface area contributed by atoms with E-state index < -0.39 is 0 Å². The van der Waals surface area contributed by atoms with E-state index in [-0.39, 0.29) is 0 Å². The number of hydrogen-bond acceptors (Lipinski definition) is 5. The predicted molar refractivity (Wildman–Crippen MR) is 150 cm³/mol. The van der Waals surface area contributed by atoms with Crippen LogP contribution in [0.5, 0.6) is 0 Å². The van der Waals surface area contributed by atoms with Crippen molar-refractivity contribution < 1.29 is 0 Å². The molecule has 2 aromatic rings. The number of anilines is 3. The molecule has 1 fully saturated rings. The highest BCUT2D eigenvalue weighted by molar-refractivity contribution is 9.10. The third-order valence-electron chi connectivity index (χ3n) is 6.89. The van der Waals surface area contributed by atoms with Crippen molar-refractivity contribution in [2.75, 3.05) is 29.6 Å². The second-order valence-corrected chi connectivity index (χ2v) is 11.3. The molecule has 1 heterocycles. The Morgan fingerprint density at radius 1 is 1.06 bits per heavy atom. The molecule has 0 amide bonds. The summed E-state index contributed by atoms with van der Waals surface area (Å²) < 4.78 is 1.04. The number of fused-ring (bicyclic) bond motifs is 1. The Morgan fingerprint density at radius 3 is 2.44 bits per heavy atom. The van der Waals surface area contributed by atoms with Gasteiger partial charge in [-0.3, -0.25) is 0 Å². The maximum atomic E-state index is 5.61. The van der Waals surface area contributed by atoms with Crippen LogP contribution in [0.3, 0.4) is 0 Å². The number of hydrogen-bond donors (Lipinski definition) is 3. The average Bonchev–Trinajstić information content (AvgIpc) is 2.81. The molecular formula is C26H37BrN6S. The summed E-state index contributed by atoms with van der Waals surface area (Å²) in [7, 11) is 4.15. The van der Waals surface area contributed by atoms with Gasteiger partial charge in [-0.05, 0) is 103 Å². The molecule has 184 valence electrons. The molecular weight excluding hydrogens is 508 g/mol. The van der Waals surface area contributed by atoms with E-state index in [1.807, 2.05) is 0 Å². The molecule has 0 radical (unpaired) electrons. The van der Waals surface area contributed by atoms with E-state index in [4.69, 9.17) is 22.2 Å². The highest BCUT2D eigenvalue weighted by atomic mass is 79.9. The number of halogens is 1. The van der Waals surface area contributed by atoms with Crippen LogP contribution in [-0.4, -0.2) is 41.3 Å². The van der Waals surface area contributed by atoms with Crippen molar-refractivity contribution in [3.8, 4) is 0 Å². The Hall–Kier alpha value is -1.93. The smallest absolute Gasteiger partial charge is 0.225 e. The zero-order valence-electron chi connectivity index (χ0n) is 20.7. The molecule has 4 rings (SSSR count).